The highest BCUT2D eigenvalue weighted by Crippen LogP contribution is 2.47. The monoisotopic (exact) mass is 362 g/mol. The zero-order valence-electron chi connectivity index (χ0n) is 15.0. The summed E-state index contributed by atoms with van der Waals surface area (Å²) in [5, 5.41) is 0. The third-order valence-corrected chi connectivity index (χ3v) is 6.61. The molecule has 2 saturated heterocycles. The minimum Gasteiger partial charge on any atom is -0.497 e. The van der Waals surface area contributed by atoms with Gasteiger partial charge in [-0.05, 0) is 43.5 Å². The number of benzene rings is 1. The molecule has 6 heteroatoms. The minimum absolute atomic E-state index is 0.154. The Kier molecular flexibility index (Phi) is 5.57. The number of amides is 2. The molecule has 136 valence electrons. The van der Waals surface area contributed by atoms with Crippen molar-refractivity contribution in [1.29, 1.82) is 0 Å². The first-order valence-electron chi connectivity index (χ1n) is 8.98. The van der Waals surface area contributed by atoms with Crippen molar-refractivity contribution in [1.82, 2.24) is 4.90 Å². The van der Waals surface area contributed by atoms with Crippen LogP contribution >= 0.6 is 11.8 Å². The molecular formula is C19H26N2O3S. The number of carbonyl (C=O) groups is 2. The molecule has 0 bridgehead atoms. The Hall–Kier alpha value is -1.69. The average molecular weight is 362 g/mol. The van der Waals surface area contributed by atoms with E-state index in [-0.39, 0.29) is 16.7 Å². The molecule has 0 radical (unpaired) electrons. The van der Waals surface area contributed by atoms with E-state index in [9.17, 15) is 9.59 Å². The molecule has 0 saturated carbocycles. The van der Waals surface area contributed by atoms with Crippen LogP contribution in [0.1, 0.15) is 39.0 Å². The Morgan fingerprint density at radius 3 is 2.52 bits per heavy atom. The highest BCUT2D eigenvalue weighted by Gasteiger charge is 2.49. The maximum atomic E-state index is 12.6. The van der Waals surface area contributed by atoms with Crippen LogP contribution in [0.3, 0.4) is 0 Å². The summed E-state index contributed by atoms with van der Waals surface area (Å²) in [6.45, 7) is 3.57. The van der Waals surface area contributed by atoms with Crippen LogP contribution in [0.5, 0.6) is 5.75 Å². The summed E-state index contributed by atoms with van der Waals surface area (Å²) in [5.74, 6) is 1.70. The van der Waals surface area contributed by atoms with Gasteiger partial charge in [-0.2, -0.15) is 0 Å². The van der Waals surface area contributed by atoms with E-state index < -0.39 is 0 Å². The van der Waals surface area contributed by atoms with Crippen molar-refractivity contribution in [3.63, 3.8) is 0 Å². The smallest absolute Gasteiger partial charge is 0.238 e. The number of carbonyl (C=O) groups excluding carboxylic acids is 2. The number of likely N-dealkylation sites (tertiary alicyclic amines) is 1. The highest BCUT2D eigenvalue weighted by atomic mass is 32.2. The second-order valence-corrected chi connectivity index (χ2v) is 7.98. The molecule has 2 aliphatic rings. The molecule has 3 rings (SSSR count). The van der Waals surface area contributed by atoms with Crippen LogP contribution in [0.4, 0.5) is 5.69 Å². The van der Waals surface area contributed by atoms with Crippen molar-refractivity contribution >= 4 is 29.3 Å². The molecule has 5 nitrogen and oxygen atoms in total. The molecular weight excluding hydrogens is 336 g/mol. The van der Waals surface area contributed by atoms with E-state index in [0.29, 0.717) is 12.2 Å². The number of thioether (sulfide) groups is 1. The van der Waals surface area contributed by atoms with E-state index in [1.807, 2.05) is 34.1 Å². The van der Waals surface area contributed by atoms with Crippen LogP contribution in [0.2, 0.25) is 0 Å². The van der Waals surface area contributed by atoms with Gasteiger partial charge in [-0.15, -0.1) is 11.8 Å². The summed E-state index contributed by atoms with van der Waals surface area (Å²) >= 11 is 1.73. The lowest BCUT2D eigenvalue weighted by Crippen LogP contribution is -2.53. The third-order valence-electron chi connectivity index (χ3n) is 5.09. The number of nitrogens with zero attached hydrogens (tertiary/aromatic N) is 2. The van der Waals surface area contributed by atoms with Gasteiger partial charge < -0.3 is 9.64 Å². The molecule has 25 heavy (non-hydrogen) atoms. The normalized spacial score (nSPS) is 19.5. The Labute approximate surface area is 153 Å². The van der Waals surface area contributed by atoms with Crippen molar-refractivity contribution in [2.75, 3.05) is 30.9 Å². The molecule has 2 amide bonds. The van der Waals surface area contributed by atoms with Crippen molar-refractivity contribution in [3.8, 4) is 5.75 Å². The van der Waals surface area contributed by atoms with Gasteiger partial charge in [0.2, 0.25) is 11.8 Å². The lowest BCUT2D eigenvalue weighted by atomic mass is 10.0. The second-order valence-electron chi connectivity index (χ2n) is 6.65. The fourth-order valence-corrected chi connectivity index (χ4v) is 4.95. The predicted octanol–water partition coefficient (Wildman–Crippen LogP) is 3.28. The first kappa shape index (κ1) is 18.1. The van der Waals surface area contributed by atoms with Crippen molar-refractivity contribution in [2.24, 2.45) is 0 Å². The topological polar surface area (TPSA) is 49.9 Å². The predicted molar refractivity (Wildman–Crippen MR) is 101 cm³/mol. The SMILES string of the molecule is CCCCC(=O)N1CCC2(CC1)SCC(=O)N2c1ccc(OC)cc1. The van der Waals surface area contributed by atoms with E-state index >= 15 is 0 Å². The molecule has 2 aliphatic heterocycles. The summed E-state index contributed by atoms with van der Waals surface area (Å²) in [5.41, 5.74) is 0.918. The van der Waals surface area contributed by atoms with Gasteiger partial charge in [0.1, 0.15) is 5.75 Å². The zero-order chi connectivity index (χ0) is 17.9. The molecule has 0 N–H and O–H groups in total. The minimum atomic E-state index is -0.215. The lowest BCUT2D eigenvalue weighted by Gasteiger charge is -2.44. The Morgan fingerprint density at radius 1 is 1.24 bits per heavy atom. The van der Waals surface area contributed by atoms with Gasteiger partial charge in [-0.1, -0.05) is 13.3 Å². The molecule has 1 aromatic rings. The van der Waals surface area contributed by atoms with Gasteiger partial charge >= 0.3 is 0 Å². The number of unbranched alkanes of at least 4 members (excludes halogenated alkanes) is 1. The summed E-state index contributed by atoms with van der Waals surface area (Å²) in [7, 11) is 1.64. The fraction of sp³-hybridized carbons (Fsp3) is 0.579. The van der Waals surface area contributed by atoms with Gasteiger partial charge in [0.05, 0.1) is 17.7 Å². The third kappa shape index (κ3) is 3.64. The van der Waals surface area contributed by atoms with Crippen molar-refractivity contribution in [3.05, 3.63) is 24.3 Å². The second kappa shape index (κ2) is 7.68. The van der Waals surface area contributed by atoms with Crippen LogP contribution in [0, 0.1) is 0 Å². The van der Waals surface area contributed by atoms with Crippen LogP contribution in [-0.2, 0) is 9.59 Å². The number of rotatable bonds is 5. The number of ether oxygens (including phenoxy) is 1. The fourth-order valence-electron chi connectivity index (χ4n) is 3.62. The molecule has 0 atom stereocenters. The molecule has 0 unspecified atom stereocenters. The first-order valence-corrected chi connectivity index (χ1v) is 9.97. The van der Waals surface area contributed by atoms with Crippen LogP contribution in [0.15, 0.2) is 24.3 Å². The molecule has 2 fully saturated rings. The Balaban J connectivity index is 1.72. The molecule has 0 aliphatic carbocycles. The van der Waals surface area contributed by atoms with E-state index in [4.69, 9.17) is 4.74 Å². The van der Waals surface area contributed by atoms with Gasteiger partial charge in [0.15, 0.2) is 0 Å². The number of anilines is 1. The first-order chi connectivity index (χ1) is 12.1. The lowest BCUT2D eigenvalue weighted by molar-refractivity contribution is -0.132. The summed E-state index contributed by atoms with van der Waals surface area (Å²) in [6, 6.07) is 7.68. The number of methoxy groups -OCH3 is 1. The molecule has 1 spiro atoms. The van der Waals surface area contributed by atoms with Gasteiger partial charge in [-0.25, -0.2) is 0 Å². The van der Waals surface area contributed by atoms with Crippen LogP contribution in [0.25, 0.3) is 0 Å². The van der Waals surface area contributed by atoms with Gasteiger partial charge in [-0.3, -0.25) is 14.5 Å². The van der Waals surface area contributed by atoms with E-state index in [2.05, 4.69) is 6.92 Å². The quantitative estimate of drug-likeness (QED) is 0.807. The van der Waals surface area contributed by atoms with E-state index in [1.54, 1.807) is 18.9 Å². The number of hydrogen-bond acceptors (Lipinski definition) is 4. The maximum absolute atomic E-state index is 12.6. The van der Waals surface area contributed by atoms with Crippen molar-refractivity contribution < 1.29 is 14.3 Å². The van der Waals surface area contributed by atoms with Crippen LogP contribution < -0.4 is 9.64 Å². The van der Waals surface area contributed by atoms with Gasteiger partial charge in [0, 0.05) is 25.2 Å². The zero-order valence-corrected chi connectivity index (χ0v) is 15.8. The summed E-state index contributed by atoms with van der Waals surface area (Å²) < 4.78 is 5.22. The highest BCUT2D eigenvalue weighted by molar-refractivity contribution is 8.02. The molecule has 2 heterocycles. The van der Waals surface area contributed by atoms with E-state index in [0.717, 1.165) is 50.2 Å². The largest absolute Gasteiger partial charge is 0.497 e. The van der Waals surface area contributed by atoms with Crippen LogP contribution in [-0.4, -0.2) is 47.5 Å². The summed E-state index contributed by atoms with van der Waals surface area (Å²) in [6.07, 6.45) is 4.28. The standard InChI is InChI=1S/C19H26N2O3S/c1-3-4-5-17(22)20-12-10-19(11-13-20)21(18(23)14-25-19)15-6-8-16(24-2)9-7-15/h6-9H,3-5,10-14H2,1-2H3. The summed E-state index contributed by atoms with van der Waals surface area (Å²) in [4.78, 5) is 28.5. The average Bonchev–Trinajstić information content (AvgIpc) is 2.96. The molecule has 0 aromatic heterocycles. The number of hydrogen-bond donors (Lipinski definition) is 0. The van der Waals surface area contributed by atoms with E-state index in [1.165, 1.54) is 0 Å². The maximum Gasteiger partial charge on any atom is 0.238 e. The van der Waals surface area contributed by atoms with Gasteiger partial charge in [0.25, 0.3) is 0 Å². The van der Waals surface area contributed by atoms with Crippen molar-refractivity contribution in [2.45, 2.75) is 43.9 Å². The number of piperidine rings is 1. The Bertz CT molecular complexity index is 624. The molecule has 1 aromatic carbocycles. The Morgan fingerprint density at radius 2 is 1.92 bits per heavy atom.